The highest BCUT2D eigenvalue weighted by Gasteiger charge is 2.61. The number of hydrogen-bond acceptors (Lipinski definition) is 9. The van der Waals surface area contributed by atoms with E-state index < -0.39 is 44.7 Å². The first-order chi connectivity index (χ1) is 20.2. The maximum atomic E-state index is 14.0. The number of sulfonamides is 1. The van der Waals surface area contributed by atoms with Crippen molar-refractivity contribution in [3.05, 3.63) is 23.5 Å². The molecule has 42 heavy (non-hydrogen) atoms. The van der Waals surface area contributed by atoms with Crippen molar-refractivity contribution in [3.8, 4) is 0 Å². The Morgan fingerprint density at radius 1 is 1.10 bits per heavy atom. The molecule has 0 aromatic rings. The average molecular weight is 606 g/mol. The monoisotopic (exact) mass is 605 g/mol. The van der Waals surface area contributed by atoms with Crippen LogP contribution in [0.4, 0.5) is 0 Å². The van der Waals surface area contributed by atoms with Gasteiger partial charge in [0.05, 0.1) is 23.3 Å². The summed E-state index contributed by atoms with van der Waals surface area (Å²) in [6.07, 6.45) is 11.9. The summed E-state index contributed by atoms with van der Waals surface area (Å²) >= 11 is 0. The maximum absolute atomic E-state index is 14.0. The minimum absolute atomic E-state index is 0.145. The summed E-state index contributed by atoms with van der Waals surface area (Å²) in [6, 6.07) is -1.44. The molecule has 3 heterocycles. The maximum Gasteiger partial charge on any atom is 0.259 e. The first-order valence-corrected chi connectivity index (χ1v) is 16.8. The Balaban J connectivity index is 1.38. The third kappa shape index (κ3) is 6.51. The molecule has 0 radical (unpaired) electrons. The molecule has 12 nitrogen and oxygen atoms in total. The van der Waals surface area contributed by atoms with Gasteiger partial charge in [-0.15, -0.1) is 0 Å². The lowest BCUT2D eigenvalue weighted by Gasteiger charge is -2.36. The number of ether oxygens (including phenoxy) is 1. The number of allylic oxidation sites excluding steroid dienone is 2. The van der Waals surface area contributed by atoms with Crippen LogP contribution < -0.4 is 15.4 Å². The highest BCUT2D eigenvalue weighted by atomic mass is 32.2. The SMILES string of the molecule is COC/C(N[C@H]1CCCCC/C=C\[C@@H]2C[C@@]2(C(=O)NS(=O)(=O)C2CC2)NC(=O)[C@@H]2CCCN2C1=O)=C(\C=O)N1CCC1. The Hall–Kier alpha value is -2.93. The van der Waals surface area contributed by atoms with Gasteiger partial charge in [0.15, 0.2) is 6.29 Å². The van der Waals surface area contributed by atoms with E-state index in [-0.39, 0.29) is 18.4 Å². The Labute approximate surface area is 247 Å². The zero-order valence-corrected chi connectivity index (χ0v) is 25.1. The second kappa shape index (κ2) is 12.7. The molecule has 0 aromatic carbocycles. The van der Waals surface area contributed by atoms with E-state index in [2.05, 4.69) is 15.4 Å². The Kier molecular flexibility index (Phi) is 9.26. The molecule has 5 rings (SSSR count). The van der Waals surface area contributed by atoms with Crippen molar-refractivity contribution in [1.29, 1.82) is 0 Å². The largest absolute Gasteiger partial charge is 0.378 e. The van der Waals surface area contributed by atoms with Crippen molar-refractivity contribution in [1.82, 2.24) is 25.2 Å². The smallest absolute Gasteiger partial charge is 0.259 e. The molecule has 3 amide bonds. The van der Waals surface area contributed by atoms with Crippen molar-refractivity contribution in [2.24, 2.45) is 5.92 Å². The van der Waals surface area contributed by atoms with Gasteiger partial charge in [-0.05, 0) is 57.8 Å². The molecule has 4 fully saturated rings. The van der Waals surface area contributed by atoms with Crippen LogP contribution in [0.25, 0.3) is 0 Å². The molecule has 2 saturated heterocycles. The van der Waals surface area contributed by atoms with Crippen LogP contribution in [0.5, 0.6) is 0 Å². The van der Waals surface area contributed by atoms with Gasteiger partial charge in [0.25, 0.3) is 5.91 Å². The van der Waals surface area contributed by atoms with Gasteiger partial charge in [-0.2, -0.15) is 0 Å². The number of aldehydes is 1. The van der Waals surface area contributed by atoms with Crippen molar-refractivity contribution < 1.29 is 32.3 Å². The third-order valence-electron chi connectivity index (χ3n) is 9.09. The van der Waals surface area contributed by atoms with Gasteiger partial charge in [0, 0.05) is 32.7 Å². The summed E-state index contributed by atoms with van der Waals surface area (Å²) < 4.78 is 32.7. The minimum Gasteiger partial charge on any atom is -0.378 e. The van der Waals surface area contributed by atoms with Gasteiger partial charge >= 0.3 is 0 Å². The van der Waals surface area contributed by atoms with Crippen LogP contribution >= 0.6 is 0 Å². The molecule has 0 bridgehead atoms. The van der Waals surface area contributed by atoms with Crippen LogP contribution in [0.1, 0.15) is 70.6 Å². The van der Waals surface area contributed by atoms with Crippen LogP contribution in [0.15, 0.2) is 23.5 Å². The zero-order chi connectivity index (χ0) is 29.9. The first kappa shape index (κ1) is 30.5. The van der Waals surface area contributed by atoms with E-state index >= 15 is 0 Å². The molecule has 13 heteroatoms. The third-order valence-corrected chi connectivity index (χ3v) is 10.9. The molecular weight excluding hydrogens is 562 g/mol. The lowest BCUT2D eigenvalue weighted by molar-refractivity contribution is -0.141. The fourth-order valence-electron chi connectivity index (χ4n) is 6.21. The van der Waals surface area contributed by atoms with Gasteiger partial charge in [-0.25, -0.2) is 8.42 Å². The summed E-state index contributed by atoms with van der Waals surface area (Å²) in [5.41, 5.74) is -0.309. The van der Waals surface area contributed by atoms with Crippen molar-refractivity contribution in [3.63, 3.8) is 0 Å². The number of amides is 3. The van der Waals surface area contributed by atoms with Crippen molar-refractivity contribution >= 4 is 34.0 Å². The fourth-order valence-corrected chi connectivity index (χ4v) is 7.58. The van der Waals surface area contributed by atoms with Crippen LogP contribution in [0.3, 0.4) is 0 Å². The number of methoxy groups -OCH3 is 1. The van der Waals surface area contributed by atoms with E-state index in [0.29, 0.717) is 56.5 Å². The molecule has 3 aliphatic heterocycles. The van der Waals surface area contributed by atoms with Gasteiger partial charge < -0.3 is 25.2 Å². The topological polar surface area (TPSA) is 154 Å². The van der Waals surface area contributed by atoms with Gasteiger partial charge in [0.1, 0.15) is 17.6 Å². The summed E-state index contributed by atoms with van der Waals surface area (Å²) in [5, 5.41) is 5.64. The standard InChI is InChI=1S/C29H43N5O7S/c1-41-19-23(25(18-35)33-14-8-15-33)30-22-10-6-4-2-3-5-9-20-17-29(20,28(38)32-42(39,40)21-12-13-21)31-26(36)24-11-7-16-34(24)27(22)37/h5,9,18,20-22,24,30H,2-4,6-8,10-17,19H2,1H3,(H,31,36)(H,32,38)/b9-5-,25-23-/t20-,22+,24+,29-/m1/s1. The van der Waals surface area contributed by atoms with Gasteiger partial charge in [-0.3, -0.25) is 23.9 Å². The normalized spacial score (nSPS) is 31.7. The van der Waals surface area contributed by atoms with Crippen molar-refractivity contribution in [2.45, 2.75) is 93.5 Å². The van der Waals surface area contributed by atoms with Crippen LogP contribution in [-0.4, -0.2) is 98.4 Å². The number of fused-ring (bicyclic) bond motifs is 2. The van der Waals surface area contributed by atoms with E-state index in [1.807, 2.05) is 17.1 Å². The van der Waals surface area contributed by atoms with Gasteiger partial charge in [0.2, 0.25) is 21.8 Å². The molecule has 232 valence electrons. The second-order valence-corrected chi connectivity index (χ2v) is 14.1. The van der Waals surface area contributed by atoms with Crippen LogP contribution in [-0.2, 0) is 33.9 Å². The van der Waals surface area contributed by atoms with Crippen LogP contribution in [0, 0.1) is 5.92 Å². The Bertz CT molecular complexity index is 1240. The van der Waals surface area contributed by atoms with E-state index in [1.165, 1.54) is 0 Å². The molecule has 0 aromatic heterocycles. The lowest BCUT2D eigenvalue weighted by Crippen LogP contribution is -2.58. The molecular formula is C29H43N5O7S. The van der Waals surface area contributed by atoms with E-state index in [0.717, 1.165) is 51.5 Å². The van der Waals surface area contributed by atoms with E-state index in [9.17, 15) is 27.6 Å². The summed E-state index contributed by atoms with van der Waals surface area (Å²) in [4.78, 5) is 56.6. The number of carbonyl (C=O) groups is 4. The number of rotatable bonds is 9. The summed E-state index contributed by atoms with van der Waals surface area (Å²) in [5.74, 6) is -1.71. The molecule has 0 unspecified atom stereocenters. The molecule has 2 aliphatic carbocycles. The summed E-state index contributed by atoms with van der Waals surface area (Å²) in [6.45, 7) is 2.07. The van der Waals surface area contributed by atoms with Crippen molar-refractivity contribution in [2.75, 3.05) is 33.4 Å². The van der Waals surface area contributed by atoms with Gasteiger partial charge in [-0.1, -0.05) is 25.0 Å². The zero-order valence-electron chi connectivity index (χ0n) is 24.3. The average Bonchev–Trinajstić information content (AvgIpc) is 3.84. The molecule has 3 N–H and O–H groups in total. The lowest BCUT2D eigenvalue weighted by atomic mass is 10.0. The quantitative estimate of drug-likeness (QED) is 0.196. The number of hydrogen-bond donors (Lipinski definition) is 3. The fraction of sp³-hybridized carbons (Fsp3) is 0.724. The molecule has 5 aliphatic rings. The van der Waals surface area contributed by atoms with Crippen LogP contribution in [0.2, 0.25) is 0 Å². The number of nitrogens with one attached hydrogen (secondary N) is 3. The molecule has 2 saturated carbocycles. The van der Waals surface area contributed by atoms with E-state index in [1.54, 1.807) is 12.0 Å². The predicted octanol–water partition coefficient (Wildman–Crippen LogP) is 0.702. The highest BCUT2D eigenvalue weighted by Crippen LogP contribution is 2.46. The number of carbonyl (C=O) groups excluding carboxylic acids is 4. The number of nitrogens with zero attached hydrogens (tertiary/aromatic N) is 2. The predicted molar refractivity (Wildman–Crippen MR) is 154 cm³/mol. The number of likely N-dealkylation sites (tertiary alicyclic amines) is 1. The first-order valence-electron chi connectivity index (χ1n) is 15.2. The van der Waals surface area contributed by atoms with E-state index in [4.69, 9.17) is 4.74 Å². The molecule has 0 spiro atoms. The Morgan fingerprint density at radius 2 is 1.88 bits per heavy atom. The summed E-state index contributed by atoms with van der Waals surface area (Å²) in [7, 11) is -2.24. The minimum atomic E-state index is -3.78. The highest BCUT2D eigenvalue weighted by molar-refractivity contribution is 7.91. The Morgan fingerprint density at radius 3 is 2.55 bits per heavy atom. The second-order valence-electron chi connectivity index (χ2n) is 12.2. The molecule has 4 atom stereocenters.